The van der Waals surface area contributed by atoms with Crippen LogP contribution in [0, 0.1) is 0 Å². The molecule has 2 aromatic carbocycles. The summed E-state index contributed by atoms with van der Waals surface area (Å²) < 4.78 is 5.78. The van der Waals surface area contributed by atoms with Gasteiger partial charge < -0.3 is 15.4 Å². The van der Waals surface area contributed by atoms with Crippen molar-refractivity contribution in [1.29, 1.82) is 0 Å². The Morgan fingerprint density at radius 2 is 2.00 bits per heavy atom. The number of hydrogen-bond donors (Lipinski definition) is 2. The molecule has 1 aliphatic rings. The van der Waals surface area contributed by atoms with Crippen LogP contribution >= 0.6 is 11.3 Å². The Kier molecular flexibility index (Phi) is 5.99. The first-order chi connectivity index (χ1) is 13.8. The molecule has 2 N–H and O–H groups in total. The summed E-state index contributed by atoms with van der Waals surface area (Å²) >= 11 is 1.57. The lowest BCUT2D eigenvalue weighted by atomic mass is 10.0. The van der Waals surface area contributed by atoms with Gasteiger partial charge in [-0.25, -0.2) is 4.98 Å². The molecule has 1 aliphatic heterocycles. The minimum Gasteiger partial charge on any atom is -0.489 e. The first-order valence-electron chi connectivity index (χ1n) is 9.52. The molecule has 0 aliphatic carbocycles. The maximum Gasteiger partial charge on any atom is 0.275 e. The second-order valence-corrected chi connectivity index (χ2v) is 7.76. The molecule has 3 aromatic rings. The molecule has 1 fully saturated rings. The van der Waals surface area contributed by atoms with Gasteiger partial charge in [0.15, 0.2) is 0 Å². The summed E-state index contributed by atoms with van der Waals surface area (Å²) in [6.45, 7) is 2.53. The molecule has 144 valence electrons. The number of aromatic nitrogens is 1. The number of piperidine rings is 1. The smallest absolute Gasteiger partial charge is 0.275 e. The maximum absolute atomic E-state index is 12.5. The fourth-order valence-electron chi connectivity index (χ4n) is 3.21. The first-order valence-corrected chi connectivity index (χ1v) is 10.4. The van der Waals surface area contributed by atoms with E-state index >= 15 is 0 Å². The summed E-state index contributed by atoms with van der Waals surface area (Å²) in [4.78, 5) is 17.0. The van der Waals surface area contributed by atoms with E-state index in [1.807, 2.05) is 60.0 Å². The molecule has 1 atom stereocenters. The van der Waals surface area contributed by atoms with Crippen LogP contribution < -0.4 is 15.4 Å². The van der Waals surface area contributed by atoms with E-state index in [-0.39, 0.29) is 5.91 Å². The van der Waals surface area contributed by atoms with Crippen LogP contribution in [0.15, 0.2) is 60.0 Å². The fraction of sp³-hybridized carbons (Fsp3) is 0.273. The molecule has 5 nitrogen and oxygen atoms in total. The molecule has 0 saturated carbocycles. The molecule has 2 heterocycles. The van der Waals surface area contributed by atoms with Crippen molar-refractivity contribution in [2.45, 2.75) is 25.4 Å². The van der Waals surface area contributed by atoms with Gasteiger partial charge in [0.2, 0.25) is 0 Å². The van der Waals surface area contributed by atoms with Gasteiger partial charge in [-0.3, -0.25) is 4.79 Å². The summed E-state index contributed by atoms with van der Waals surface area (Å²) in [6, 6.07) is 17.4. The van der Waals surface area contributed by atoms with Crippen LogP contribution in [0.2, 0.25) is 0 Å². The lowest BCUT2D eigenvalue weighted by molar-refractivity contribution is 0.102. The van der Waals surface area contributed by atoms with Crippen molar-refractivity contribution >= 4 is 22.9 Å². The minimum absolute atomic E-state index is 0.177. The van der Waals surface area contributed by atoms with E-state index in [4.69, 9.17) is 4.74 Å². The van der Waals surface area contributed by atoms with Crippen molar-refractivity contribution in [3.8, 4) is 5.75 Å². The molecule has 0 radical (unpaired) electrons. The highest BCUT2D eigenvalue weighted by molar-refractivity contribution is 7.10. The van der Waals surface area contributed by atoms with Gasteiger partial charge in [-0.1, -0.05) is 30.3 Å². The molecule has 6 heteroatoms. The number of hydrogen-bond acceptors (Lipinski definition) is 5. The lowest BCUT2D eigenvalue weighted by Gasteiger charge is -2.20. The molecule has 4 rings (SSSR count). The van der Waals surface area contributed by atoms with E-state index in [1.54, 1.807) is 11.3 Å². The highest BCUT2D eigenvalue weighted by Gasteiger charge is 2.20. The highest BCUT2D eigenvalue weighted by atomic mass is 32.1. The van der Waals surface area contributed by atoms with Gasteiger partial charge in [-0.05, 0) is 49.2 Å². The zero-order valence-electron chi connectivity index (χ0n) is 15.6. The number of carbonyl (C=O) groups excluding carboxylic acids is 1. The number of rotatable bonds is 6. The summed E-state index contributed by atoms with van der Waals surface area (Å²) in [6.07, 6.45) is 2.29. The van der Waals surface area contributed by atoms with E-state index < -0.39 is 0 Å². The van der Waals surface area contributed by atoms with Crippen molar-refractivity contribution in [2.24, 2.45) is 0 Å². The summed E-state index contributed by atoms with van der Waals surface area (Å²) in [5.74, 6) is 1.01. The van der Waals surface area contributed by atoms with E-state index in [9.17, 15) is 4.79 Å². The van der Waals surface area contributed by atoms with Crippen molar-refractivity contribution in [3.63, 3.8) is 0 Å². The standard InChI is InChI=1S/C22H23N3O2S/c26-21(20-15-28-22(25-20)17-7-4-12-23-13-17)24-18-8-10-19(11-9-18)27-14-16-5-2-1-3-6-16/h1-3,5-6,8-11,15,17,23H,4,7,12-14H2,(H,24,26). The molecule has 28 heavy (non-hydrogen) atoms. The second-order valence-electron chi connectivity index (χ2n) is 6.87. The quantitative estimate of drug-likeness (QED) is 0.650. The lowest BCUT2D eigenvalue weighted by Crippen LogP contribution is -2.28. The van der Waals surface area contributed by atoms with Crippen molar-refractivity contribution in [1.82, 2.24) is 10.3 Å². The second kappa shape index (κ2) is 8.99. The third-order valence-electron chi connectivity index (χ3n) is 4.76. The number of ether oxygens (including phenoxy) is 1. The summed E-state index contributed by atoms with van der Waals surface area (Å²) in [5, 5.41) is 9.19. The Hall–Kier alpha value is -2.70. The average molecular weight is 394 g/mol. The average Bonchev–Trinajstić information content (AvgIpc) is 3.25. The SMILES string of the molecule is O=C(Nc1ccc(OCc2ccccc2)cc1)c1csc(C2CCCNC2)n1. The summed E-state index contributed by atoms with van der Waals surface area (Å²) in [7, 11) is 0. The third kappa shape index (κ3) is 4.77. The third-order valence-corrected chi connectivity index (χ3v) is 5.77. The summed E-state index contributed by atoms with van der Waals surface area (Å²) in [5.41, 5.74) is 2.33. The van der Waals surface area contributed by atoms with Crippen molar-refractivity contribution in [2.75, 3.05) is 18.4 Å². The zero-order valence-corrected chi connectivity index (χ0v) is 16.4. The van der Waals surface area contributed by atoms with Gasteiger partial charge in [0.25, 0.3) is 5.91 Å². The van der Waals surface area contributed by atoms with Gasteiger partial charge in [-0.15, -0.1) is 11.3 Å². The maximum atomic E-state index is 12.5. The van der Waals surface area contributed by atoms with Crippen LogP contribution in [-0.2, 0) is 6.61 Å². The van der Waals surface area contributed by atoms with Crippen LogP contribution in [0.25, 0.3) is 0 Å². The molecular weight excluding hydrogens is 370 g/mol. The monoisotopic (exact) mass is 393 g/mol. The Morgan fingerprint density at radius 1 is 1.18 bits per heavy atom. The number of thiazole rings is 1. The van der Waals surface area contributed by atoms with Gasteiger partial charge in [0.05, 0.1) is 5.01 Å². The van der Waals surface area contributed by atoms with E-state index in [2.05, 4.69) is 15.6 Å². The number of nitrogens with one attached hydrogen (secondary N) is 2. The highest BCUT2D eigenvalue weighted by Crippen LogP contribution is 2.26. The first kappa shape index (κ1) is 18.7. The van der Waals surface area contributed by atoms with Crippen LogP contribution in [0.1, 0.15) is 39.8 Å². The van der Waals surface area contributed by atoms with E-state index in [0.29, 0.717) is 18.2 Å². The Labute approximate surface area is 168 Å². The number of anilines is 1. The Bertz CT molecular complexity index is 903. The van der Waals surface area contributed by atoms with Crippen molar-refractivity contribution < 1.29 is 9.53 Å². The molecule has 1 saturated heterocycles. The Balaban J connectivity index is 1.32. The molecule has 1 aromatic heterocycles. The van der Waals surface area contributed by atoms with E-state index in [1.165, 1.54) is 0 Å². The van der Waals surface area contributed by atoms with Crippen LogP contribution in [0.4, 0.5) is 5.69 Å². The predicted octanol–water partition coefficient (Wildman–Crippen LogP) is 4.44. The van der Waals surface area contributed by atoms with Crippen LogP contribution in [0.3, 0.4) is 0 Å². The number of nitrogens with zero attached hydrogens (tertiary/aromatic N) is 1. The molecule has 1 amide bonds. The Morgan fingerprint density at radius 3 is 2.75 bits per heavy atom. The van der Waals surface area contributed by atoms with E-state index in [0.717, 1.165) is 47.9 Å². The fourth-order valence-corrected chi connectivity index (χ4v) is 4.15. The molecule has 1 unspecified atom stereocenters. The van der Waals surface area contributed by atoms with Gasteiger partial charge >= 0.3 is 0 Å². The van der Waals surface area contributed by atoms with Crippen molar-refractivity contribution in [3.05, 3.63) is 76.2 Å². The van der Waals surface area contributed by atoms with Gasteiger partial charge in [0.1, 0.15) is 18.1 Å². The number of amides is 1. The molecule has 0 spiro atoms. The largest absolute Gasteiger partial charge is 0.489 e. The predicted molar refractivity (Wildman–Crippen MR) is 112 cm³/mol. The topological polar surface area (TPSA) is 63.2 Å². The number of carbonyl (C=O) groups is 1. The minimum atomic E-state index is -0.177. The number of benzene rings is 2. The van der Waals surface area contributed by atoms with Crippen LogP contribution in [-0.4, -0.2) is 24.0 Å². The zero-order chi connectivity index (χ0) is 19.2. The molecule has 0 bridgehead atoms. The molecular formula is C22H23N3O2S. The normalized spacial score (nSPS) is 16.5. The van der Waals surface area contributed by atoms with Gasteiger partial charge in [0, 0.05) is 23.5 Å². The van der Waals surface area contributed by atoms with Crippen LogP contribution in [0.5, 0.6) is 5.75 Å². The van der Waals surface area contributed by atoms with Gasteiger partial charge in [-0.2, -0.15) is 0 Å².